The maximum absolute atomic E-state index is 10.8. The average Bonchev–Trinajstić information content (AvgIpc) is 2.99. The predicted molar refractivity (Wildman–Crippen MR) is 143 cm³/mol. The fraction of sp³-hybridized carbons (Fsp3) is 0.250. The summed E-state index contributed by atoms with van der Waals surface area (Å²) < 4.78 is 18.6. The lowest BCUT2D eigenvalue weighted by molar-refractivity contribution is -0.308. The molecule has 1 saturated heterocycles. The number of ether oxygens (including phenoxy) is 3. The summed E-state index contributed by atoms with van der Waals surface area (Å²) in [5.74, 6) is 0. The van der Waals surface area contributed by atoms with Gasteiger partial charge in [0.25, 0.3) is 0 Å². The van der Waals surface area contributed by atoms with Crippen LogP contribution in [0.3, 0.4) is 0 Å². The van der Waals surface area contributed by atoms with Gasteiger partial charge < -0.3 is 29.5 Å². The normalized spacial score (nSPS) is 23.7. The second kappa shape index (κ2) is 12.0. The Morgan fingerprint density at radius 1 is 0.579 bits per heavy atom. The van der Waals surface area contributed by atoms with Gasteiger partial charge in [0.05, 0.1) is 13.2 Å². The van der Waals surface area contributed by atoms with Gasteiger partial charge in [-0.1, -0.05) is 121 Å². The molecule has 6 heteroatoms. The minimum atomic E-state index is -1.46. The van der Waals surface area contributed by atoms with E-state index in [1.54, 1.807) is 0 Å². The van der Waals surface area contributed by atoms with Gasteiger partial charge in [-0.2, -0.15) is 0 Å². The average molecular weight is 513 g/mol. The van der Waals surface area contributed by atoms with Crippen LogP contribution in [-0.4, -0.2) is 52.6 Å². The van der Waals surface area contributed by atoms with E-state index < -0.39 is 36.3 Å². The number of aliphatic hydroxyl groups excluding tert-OH is 3. The van der Waals surface area contributed by atoms with Gasteiger partial charge in [-0.05, 0) is 22.3 Å². The van der Waals surface area contributed by atoms with Crippen molar-refractivity contribution < 1.29 is 29.5 Å². The summed E-state index contributed by atoms with van der Waals surface area (Å²) in [5, 5.41) is 32.1. The molecule has 3 N–H and O–H groups in total. The van der Waals surface area contributed by atoms with Crippen LogP contribution in [0.4, 0.5) is 0 Å². The molecule has 0 saturated carbocycles. The first kappa shape index (κ1) is 26.3. The van der Waals surface area contributed by atoms with Gasteiger partial charge >= 0.3 is 0 Å². The smallest absolute Gasteiger partial charge is 0.187 e. The van der Waals surface area contributed by atoms with E-state index in [2.05, 4.69) is 0 Å². The zero-order valence-corrected chi connectivity index (χ0v) is 20.9. The van der Waals surface area contributed by atoms with Crippen LogP contribution in [0.1, 0.15) is 22.3 Å². The molecule has 1 aliphatic rings. The molecule has 1 heterocycles. The summed E-state index contributed by atoms with van der Waals surface area (Å²) in [4.78, 5) is 0. The minimum Gasteiger partial charge on any atom is -0.387 e. The Bertz CT molecular complexity index is 1160. The van der Waals surface area contributed by atoms with E-state index in [9.17, 15) is 15.3 Å². The predicted octanol–water partition coefficient (Wildman–Crippen LogP) is 4.02. The second-order valence-electron chi connectivity index (χ2n) is 9.40. The van der Waals surface area contributed by atoms with Gasteiger partial charge in [0.15, 0.2) is 6.29 Å². The Hall–Kier alpha value is -3.36. The van der Waals surface area contributed by atoms with Crippen LogP contribution in [0.5, 0.6) is 0 Å². The summed E-state index contributed by atoms with van der Waals surface area (Å²) in [6, 6.07) is 39.1. The van der Waals surface area contributed by atoms with Crippen LogP contribution in [0.2, 0.25) is 0 Å². The molecule has 196 valence electrons. The molecule has 0 aliphatic carbocycles. The molecule has 4 aromatic carbocycles. The van der Waals surface area contributed by atoms with Gasteiger partial charge in [-0.25, -0.2) is 0 Å². The summed E-state index contributed by atoms with van der Waals surface area (Å²) in [5.41, 5.74) is 2.59. The minimum absolute atomic E-state index is 0.0746. The van der Waals surface area contributed by atoms with E-state index in [1.165, 1.54) is 0 Å². The lowest BCUT2D eigenvalue weighted by atomic mass is 9.80. The Balaban J connectivity index is 1.45. The molecule has 0 spiro atoms. The number of hydrogen-bond donors (Lipinski definition) is 3. The standard InChI is InChI=1S/C32H32O6/c33-28-27(38-31(30(35)29(28)34)36-21-23-13-5-1-6-14-23)22-37-32(24-15-7-2-8-16-24,25-17-9-3-10-18-25)26-19-11-4-12-20-26/h1-20,27-31,33-35H,21-22H2/t27-,28+,29+,30-,31+/m1/s1. The number of rotatable bonds is 9. The molecule has 5 atom stereocenters. The fourth-order valence-electron chi connectivity index (χ4n) is 4.92. The van der Waals surface area contributed by atoms with E-state index in [0.29, 0.717) is 0 Å². The second-order valence-corrected chi connectivity index (χ2v) is 9.40. The first-order chi connectivity index (χ1) is 18.6. The molecule has 1 aliphatic heterocycles. The summed E-state index contributed by atoms with van der Waals surface area (Å²) in [7, 11) is 0. The van der Waals surface area contributed by atoms with E-state index >= 15 is 0 Å². The lowest BCUT2D eigenvalue weighted by Crippen LogP contribution is -2.59. The molecule has 0 amide bonds. The molecular formula is C32H32O6. The van der Waals surface area contributed by atoms with Crippen molar-refractivity contribution in [3.05, 3.63) is 144 Å². The molecular weight excluding hydrogens is 480 g/mol. The van der Waals surface area contributed by atoms with Crippen molar-refractivity contribution in [3.63, 3.8) is 0 Å². The zero-order valence-electron chi connectivity index (χ0n) is 20.9. The number of hydrogen-bond acceptors (Lipinski definition) is 6. The van der Waals surface area contributed by atoms with Crippen molar-refractivity contribution in [2.75, 3.05) is 6.61 Å². The van der Waals surface area contributed by atoms with E-state index in [4.69, 9.17) is 14.2 Å². The van der Waals surface area contributed by atoms with Crippen LogP contribution >= 0.6 is 0 Å². The van der Waals surface area contributed by atoms with Crippen LogP contribution in [0.25, 0.3) is 0 Å². The van der Waals surface area contributed by atoms with Crippen molar-refractivity contribution in [3.8, 4) is 0 Å². The topological polar surface area (TPSA) is 88.4 Å². The maximum atomic E-state index is 10.8. The van der Waals surface area contributed by atoms with Gasteiger partial charge in [0.2, 0.25) is 0 Å². The van der Waals surface area contributed by atoms with Gasteiger partial charge in [-0.15, -0.1) is 0 Å². The van der Waals surface area contributed by atoms with Crippen molar-refractivity contribution in [1.29, 1.82) is 0 Å². The van der Waals surface area contributed by atoms with Crippen molar-refractivity contribution in [2.24, 2.45) is 0 Å². The van der Waals surface area contributed by atoms with Crippen LogP contribution in [0, 0.1) is 0 Å². The Morgan fingerprint density at radius 3 is 1.50 bits per heavy atom. The maximum Gasteiger partial charge on any atom is 0.187 e. The van der Waals surface area contributed by atoms with Crippen LogP contribution in [-0.2, 0) is 26.4 Å². The van der Waals surface area contributed by atoms with Crippen molar-refractivity contribution >= 4 is 0 Å². The third kappa shape index (κ3) is 5.42. The third-order valence-electron chi connectivity index (χ3n) is 6.93. The zero-order chi connectivity index (χ0) is 26.4. The lowest BCUT2D eigenvalue weighted by Gasteiger charge is -2.42. The first-order valence-corrected chi connectivity index (χ1v) is 12.8. The van der Waals surface area contributed by atoms with E-state index in [-0.39, 0.29) is 13.2 Å². The van der Waals surface area contributed by atoms with Crippen LogP contribution in [0.15, 0.2) is 121 Å². The van der Waals surface area contributed by atoms with Crippen molar-refractivity contribution in [1.82, 2.24) is 0 Å². The first-order valence-electron chi connectivity index (χ1n) is 12.8. The highest BCUT2D eigenvalue weighted by Crippen LogP contribution is 2.41. The summed E-state index contributed by atoms with van der Waals surface area (Å²) in [6.07, 6.45) is -6.34. The molecule has 1 fully saturated rings. The molecule has 6 nitrogen and oxygen atoms in total. The van der Waals surface area contributed by atoms with Gasteiger partial charge in [-0.3, -0.25) is 0 Å². The highest BCUT2D eigenvalue weighted by molar-refractivity contribution is 5.47. The highest BCUT2D eigenvalue weighted by Gasteiger charge is 2.46. The molecule has 0 bridgehead atoms. The third-order valence-corrected chi connectivity index (χ3v) is 6.93. The fourth-order valence-corrected chi connectivity index (χ4v) is 4.92. The number of benzene rings is 4. The molecule has 0 unspecified atom stereocenters. The van der Waals surface area contributed by atoms with Crippen LogP contribution < -0.4 is 0 Å². The molecule has 0 radical (unpaired) electrons. The molecule has 4 aromatic rings. The number of aliphatic hydroxyl groups is 3. The SMILES string of the molecule is O[C@H]1[C@@H](O)[C@@H](COC(c2ccccc2)(c2ccccc2)c2ccccc2)O[C@H](OCc2ccccc2)[C@@H]1O. The summed E-state index contributed by atoms with van der Waals surface area (Å²) >= 11 is 0. The largest absolute Gasteiger partial charge is 0.387 e. The van der Waals surface area contributed by atoms with Gasteiger partial charge in [0, 0.05) is 0 Å². The highest BCUT2D eigenvalue weighted by atomic mass is 16.7. The molecule has 0 aromatic heterocycles. The van der Waals surface area contributed by atoms with E-state index in [0.717, 1.165) is 22.3 Å². The Labute approximate surface area is 222 Å². The summed E-state index contributed by atoms with van der Waals surface area (Å²) in [6.45, 7) is 0.107. The quantitative estimate of drug-likeness (QED) is 0.294. The van der Waals surface area contributed by atoms with E-state index in [1.807, 2.05) is 121 Å². The van der Waals surface area contributed by atoms with Crippen molar-refractivity contribution in [2.45, 2.75) is 42.9 Å². The molecule has 38 heavy (non-hydrogen) atoms. The monoisotopic (exact) mass is 512 g/mol. The Morgan fingerprint density at radius 2 is 1.03 bits per heavy atom. The molecule has 5 rings (SSSR count). The Kier molecular flexibility index (Phi) is 8.29. The van der Waals surface area contributed by atoms with Gasteiger partial charge in [0.1, 0.15) is 30.0 Å².